The summed E-state index contributed by atoms with van der Waals surface area (Å²) in [5, 5.41) is 7.97. The highest BCUT2D eigenvalue weighted by atomic mass is 16.2. The van der Waals surface area contributed by atoms with Gasteiger partial charge in [0.2, 0.25) is 5.91 Å². The maximum absolute atomic E-state index is 13.1. The Hall–Kier alpha value is -3.60. The molecule has 5 rings (SSSR count). The van der Waals surface area contributed by atoms with Gasteiger partial charge in [0.25, 0.3) is 5.91 Å². The van der Waals surface area contributed by atoms with Gasteiger partial charge in [0.1, 0.15) is 0 Å². The number of fused-ring (bicyclic) bond motifs is 2. The van der Waals surface area contributed by atoms with Crippen LogP contribution in [0.5, 0.6) is 0 Å². The molecule has 0 radical (unpaired) electrons. The number of hydrogen-bond acceptors (Lipinski definition) is 3. The molecule has 2 aromatic carbocycles. The molecule has 0 spiro atoms. The van der Waals surface area contributed by atoms with Gasteiger partial charge in [-0.2, -0.15) is 0 Å². The van der Waals surface area contributed by atoms with Crippen LogP contribution in [0.1, 0.15) is 29.5 Å². The van der Waals surface area contributed by atoms with Crippen molar-refractivity contribution in [3.8, 4) is 0 Å². The lowest BCUT2D eigenvalue weighted by molar-refractivity contribution is -0.120. The van der Waals surface area contributed by atoms with Crippen molar-refractivity contribution in [3.05, 3.63) is 95.1 Å². The summed E-state index contributed by atoms with van der Waals surface area (Å²) in [5.41, 5.74) is 5.66. The maximum atomic E-state index is 13.1. The van der Waals surface area contributed by atoms with E-state index in [0.717, 1.165) is 35.4 Å². The minimum Gasteiger partial charge on any atom is -0.311 e. The predicted molar refractivity (Wildman–Crippen MR) is 116 cm³/mol. The van der Waals surface area contributed by atoms with E-state index in [1.54, 1.807) is 0 Å². The lowest BCUT2D eigenvalue weighted by atomic mass is 9.89. The molecule has 3 aliphatic rings. The van der Waals surface area contributed by atoms with Crippen LogP contribution in [0.15, 0.2) is 88.6 Å². The Morgan fingerprint density at radius 1 is 1.07 bits per heavy atom. The maximum Gasteiger partial charge on any atom is 0.276 e. The zero-order chi connectivity index (χ0) is 20.7. The first kappa shape index (κ1) is 18.4. The van der Waals surface area contributed by atoms with Crippen LogP contribution in [0.3, 0.4) is 0 Å². The SMILES string of the molecule is CC(C(=O)N1CCc2ccccc21)c1ccc(C2=C3C=CC=CC3C(=O)N=N2)cc1. The van der Waals surface area contributed by atoms with E-state index in [-0.39, 0.29) is 23.7 Å². The number of amides is 2. The van der Waals surface area contributed by atoms with Gasteiger partial charge < -0.3 is 4.90 Å². The van der Waals surface area contributed by atoms with Crippen molar-refractivity contribution in [2.24, 2.45) is 16.1 Å². The highest BCUT2D eigenvalue weighted by molar-refractivity contribution is 5.99. The first-order chi connectivity index (χ1) is 14.6. The quantitative estimate of drug-likeness (QED) is 0.748. The van der Waals surface area contributed by atoms with Crippen LogP contribution in [-0.2, 0) is 16.0 Å². The molecule has 0 saturated heterocycles. The van der Waals surface area contributed by atoms with Gasteiger partial charge in [-0.25, -0.2) is 0 Å². The third-order valence-corrected chi connectivity index (χ3v) is 6.02. The summed E-state index contributed by atoms with van der Waals surface area (Å²) in [7, 11) is 0. The Labute approximate surface area is 175 Å². The monoisotopic (exact) mass is 395 g/mol. The molecule has 0 saturated carbocycles. The fourth-order valence-electron chi connectivity index (χ4n) is 4.30. The van der Waals surface area contributed by atoms with Gasteiger partial charge in [-0.15, -0.1) is 10.2 Å². The summed E-state index contributed by atoms with van der Waals surface area (Å²) in [4.78, 5) is 27.1. The van der Waals surface area contributed by atoms with Crippen molar-refractivity contribution in [2.45, 2.75) is 19.3 Å². The van der Waals surface area contributed by atoms with Crippen LogP contribution in [0.4, 0.5) is 5.69 Å². The number of nitrogens with zero attached hydrogens (tertiary/aromatic N) is 3. The Balaban J connectivity index is 1.40. The smallest absolute Gasteiger partial charge is 0.276 e. The molecule has 2 heterocycles. The molecule has 30 heavy (non-hydrogen) atoms. The van der Waals surface area contributed by atoms with Crippen LogP contribution in [0.25, 0.3) is 5.70 Å². The molecule has 0 bridgehead atoms. The second kappa shape index (κ2) is 7.34. The number of allylic oxidation sites excluding steroid dienone is 3. The summed E-state index contributed by atoms with van der Waals surface area (Å²) >= 11 is 0. The molecule has 1 aliphatic carbocycles. The summed E-state index contributed by atoms with van der Waals surface area (Å²) in [6, 6.07) is 15.9. The van der Waals surface area contributed by atoms with Crippen molar-refractivity contribution in [2.75, 3.05) is 11.4 Å². The van der Waals surface area contributed by atoms with Crippen LogP contribution in [0.2, 0.25) is 0 Å². The molecule has 2 amide bonds. The van der Waals surface area contributed by atoms with Gasteiger partial charge >= 0.3 is 0 Å². The first-order valence-electron chi connectivity index (χ1n) is 10.2. The first-order valence-corrected chi connectivity index (χ1v) is 10.2. The minimum atomic E-state index is -0.363. The Morgan fingerprint density at radius 3 is 2.70 bits per heavy atom. The van der Waals surface area contributed by atoms with Crippen LogP contribution in [0, 0.1) is 5.92 Å². The zero-order valence-electron chi connectivity index (χ0n) is 16.7. The van der Waals surface area contributed by atoms with E-state index >= 15 is 0 Å². The van der Waals surface area contributed by atoms with Crippen molar-refractivity contribution in [1.29, 1.82) is 0 Å². The van der Waals surface area contributed by atoms with E-state index in [0.29, 0.717) is 5.70 Å². The molecule has 0 fully saturated rings. The van der Waals surface area contributed by atoms with Crippen molar-refractivity contribution < 1.29 is 9.59 Å². The number of carbonyl (C=O) groups excluding carboxylic acids is 2. The minimum absolute atomic E-state index is 0.109. The van der Waals surface area contributed by atoms with Gasteiger partial charge in [0, 0.05) is 17.8 Å². The lowest BCUT2D eigenvalue weighted by Crippen LogP contribution is -2.32. The zero-order valence-corrected chi connectivity index (χ0v) is 16.7. The number of azo groups is 1. The molecular formula is C25H21N3O2. The number of carbonyl (C=O) groups is 2. The van der Waals surface area contributed by atoms with Gasteiger partial charge in [-0.05, 0) is 36.1 Å². The molecular weight excluding hydrogens is 374 g/mol. The fraction of sp³-hybridized carbons (Fsp3) is 0.200. The number of benzene rings is 2. The molecule has 0 N–H and O–H groups in total. The Morgan fingerprint density at radius 2 is 1.87 bits per heavy atom. The Kier molecular flexibility index (Phi) is 4.51. The topological polar surface area (TPSA) is 62.1 Å². The third-order valence-electron chi connectivity index (χ3n) is 6.02. The molecule has 2 aromatic rings. The van der Waals surface area contributed by atoms with E-state index < -0.39 is 0 Å². The Bertz CT molecular complexity index is 1160. The molecule has 0 aromatic heterocycles. The molecule has 5 heteroatoms. The lowest BCUT2D eigenvalue weighted by Gasteiger charge is -2.22. The van der Waals surface area contributed by atoms with Crippen molar-refractivity contribution >= 4 is 23.2 Å². The second-order valence-corrected chi connectivity index (χ2v) is 7.78. The highest BCUT2D eigenvalue weighted by Gasteiger charge is 2.30. The van der Waals surface area contributed by atoms with Gasteiger partial charge in [0.05, 0.1) is 17.5 Å². The third kappa shape index (κ3) is 3.03. The van der Waals surface area contributed by atoms with E-state index in [1.807, 2.05) is 78.6 Å². The number of para-hydroxylation sites is 1. The van der Waals surface area contributed by atoms with Crippen molar-refractivity contribution in [1.82, 2.24) is 0 Å². The van der Waals surface area contributed by atoms with Crippen LogP contribution >= 0.6 is 0 Å². The largest absolute Gasteiger partial charge is 0.311 e. The summed E-state index contributed by atoms with van der Waals surface area (Å²) in [6.45, 7) is 2.68. The van der Waals surface area contributed by atoms with E-state index in [2.05, 4.69) is 16.3 Å². The highest BCUT2D eigenvalue weighted by Crippen LogP contribution is 2.35. The van der Waals surface area contributed by atoms with E-state index in [9.17, 15) is 9.59 Å². The summed E-state index contributed by atoms with van der Waals surface area (Å²) in [5.74, 6) is -0.741. The van der Waals surface area contributed by atoms with Gasteiger partial charge in [-0.3, -0.25) is 9.59 Å². The second-order valence-electron chi connectivity index (χ2n) is 7.78. The van der Waals surface area contributed by atoms with Crippen LogP contribution < -0.4 is 4.90 Å². The normalized spacial score (nSPS) is 20.4. The van der Waals surface area contributed by atoms with Gasteiger partial charge in [0.15, 0.2) is 0 Å². The molecule has 2 unspecified atom stereocenters. The van der Waals surface area contributed by atoms with E-state index in [4.69, 9.17) is 0 Å². The molecule has 5 nitrogen and oxygen atoms in total. The molecule has 148 valence electrons. The average Bonchev–Trinajstić information content (AvgIpc) is 3.23. The fourth-order valence-corrected chi connectivity index (χ4v) is 4.30. The van der Waals surface area contributed by atoms with E-state index in [1.165, 1.54) is 5.56 Å². The summed E-state index contributed by atoms with van der Waals surface area (Å²) < 4.78 is 0. The molecule has 2 aliphatic heterocycles. The average molecular weight is 395 g/mol. The number of hydrogen-bond donors (Lipinski definition) is 0. The van der Waals surface area contributed by atoms with Gasteiger partial charge in [-0.1, -0.05) is 66.8 Å². The predicted octanol–water partition coefficient (Wildman–Crippen LogP) is 4.83. The molecule has 2 atom stereocenters. The number of rotatable bonds is 3. The van der Waals surface area contributed by atoms with Crippen molar-refractivity contribution in [3.63, 3.8) is 0 Å². The summed E-state index contributed by atoms with van der Waals surface area (Å²) in [6.07, 6.45) is 8.43. The standard InChI is InChI=1S/C25H21N3O2/c1-16(25(30)28-15-14-18-6-2-5-9-22(18)28)17-10-12-19(13-11-17)23-20-7-3-4-8-21(20)24(29)27-26-23/h2-13,16,21H,14-15H2,1H3. The number of anilines is 1. The van der Waals surface area contributed by atoms with Crippen LogP contribution in [-0.4, -0.2) is 18.4 Å².